The minimum absolute atomic E-state index is 0.253. The highest BCUT2D eigenvalue weighted by molar-refractivity contribution is 5.89. The van der Waals surface area contributed by atoms with Crippen molar-refractivity contribution < 1.29 is 18.0 Å². The molecule has 0 N–H and O–H groups in total. The molecule has 1 nitrogen and oxygen atoms in total. The molecule has 21 heavy (non-hydrogen) atoms. The van der Waals surface area contributed by atoms with Crippen LogP contribution in [0, 0.1) is 0 Å². The maximum absolute atomic E-state index is 13.0. The quantitative estimate of drug-likeness (QED) is 0.679. The average molecular weight is 293 g/mol. The largest absolute Gasteiger partial charge is 0.417 e. The number of benzene rings is 2. The summed E-state index contributed by atoms with van der Waals surface area (Å²) in [5.41, 5.74) is 0.339. The third-order valence-electron chi connectivity index (χ3n) is 3.54. The molecular weight excluding hydrogens is 277 g/mol. The van der Waals surface area contributed by atoms with Gasteiger partial charge in [-0.2, -0.15) is 13.2 Å². The molecule has 4 heteroatoms. The van der Waals surface area contributed by atoms with Crippen molar-refractivity contribution in [3.05, 3.63) is 47.5 Å². The lowest BCUT2D eigenvalue weighted by Crippen LogP contribution is -2.06. The summed E-state index contributed by atoms with van der Waals surface area (Å²) in [5.74, 6) is 0. The number of hydrogen-bond donors (Lipinski definition) is 0. The number of rotatable bonds is 6. The third kappa shape index (κ3) is 3.84. The van der Waals surface area contributed by atoms with Gasteiger partial charge in [0.1, 0.15) is 0 Å². The zero-order valence-corrected chi connectivity index (χ0v) is 11.5. The zero-order valence-electron chi connectivity index (χ0n) is 11.5. The van der Waals surface area contributed by atoms with Crippen molar-refractivity contribution in [2.45, 2.75) is 38.3 Å². The van der Waals surface area contributed by atoms with Crippen LogP contribution in [0.25, 0.3) is 10.8 Å². The molecule has 111 valence electrons. The molecule has 0 heterocycles. The van der Waals surface area contributed by atoms with Gasteiger partial charge >= 0.3 is 6.18 Å². The van der Waals surface area contributed by atoms with E-state index in [4.69, 9.17) is 0 Å². The first-order valence-electron chi connectivity index (χ1n) is 6.97. The highest BCUT2D eigenvalue weighted by Gasteiger charge is 2.32. The number of hydrogen-bond acceptors (Lipinski definition) is 1. The maximum Gasteiger partial charge on any atom is 0.417 e. The van der Waals surface area contributed by atoms with E-state index in [-0.39, 0.29) is 5.39 Å². The van der Waals surface area contributed by atoms with E-state index in [2.05, 4.69) is 0 Å². The molecule has 0 unspecified atom stereocenters. The van der Waals surface area contributed by atoms with Crippen molar-refractivity contribution in [1.29, 1.82) is 0 Å². The molecule has 0 amide bonds. The number of aryl methyl sites for hydroxylation is 1. The summed E-state index contributed by atoms with van der Waals surface area (Å²) in [6.45, 7) is 0. The minimum Gasteiger partial charge on any atom is -0.291 e. The molecule has 0 aliphatic heterocycles. The molecule has 0 saturated carbocycles. The van der Waals surface area contributed by atoms with Gasteiger partial charge in [0.2, 0.25) is 0 Å². The van der Waals surface area contributed by atoms with Gasteiger partial charge in [0, 0.05) is 6.42 Å². The van der Waals surface area contributed by atoms with Crippen molar-refractivity contribution >= 4 is 17.1 Å². The Morgan fingerprint density at radius 1 is 0.905 bits per heavy atom. The SMILES string of the molecule is O=[C]CCCCCc1ccc(C(F)(F)F)c2ccccc12. The van der Waals surface area contributed by atoms with E-state index in [0.29, 0.717) is 11.8 Å². The lowest BCUT2D eigenvalue weighted by atomic mass is 9.96. The summed E-state index contributed by atoms with van der Waals surface area (Å²) < 4.78 is 39.0. The summed E-state index contributed by atoms with van der Waals surface area (Å²) >= 11 is 0. The molecule has 0 aliphatic carbocycles. The smallest absolute Gasteiger partial charge is 0.291 e. The van der Waals surface area contributed by atoms with Crippen molar-refractivity contribution in [2.75, 3.05) is 0 Å². The average Bonchev–Trinajstić information content (AvgIpc) is 2.45. The molecule has 0 spiro atoms. The molecule has 0 atom stereocenters. The summed E-state index contributed by atoms with van der Waals surface area (Å²) in [7, 11) is 0. The fraction of sp³-hybridized carbons (Fsp3) is 0.353. The second-order valence-electron chi connectivity index (χ2n) is 5.02. The predicted octanol–water partition coefficient (Wildman–Crippen LogP) is 5.07. The van der Waals surface area contributed by atoms with Crippen LogP contribution in [0.3, 0.4) is 0 Å². The second-order valence-corrected chi connectivity index (χ2v) is 5.02. The Balaban J connectivity index is 2.24. The van der Waals surface area contributed by atoms with Crippen LogP contribution < -0.4 is 0 Å². The van der Waals surface area contributed by atoms with Gasteiger partial charge in [-0.25, -0.2) is 0 Å². The molecule has 1 radical (unpaired) electrons. The Labute approximate surface area is 121 Å². The summed E-state index contributed by atoms with van der Waals surface area (Å²) in [6.07, 6.45) is 1.17. The summed E-state index contributed by atoms with van der Waals surface area (Å²) in [4.78, 5) is 10.1. The fourth-order valence-corrected chi connectivity index (χ4v) is 2.52. The van der Waals surface area contributed by atoms with Crippen LogP contribution in [0.2, 0.25) is 0 Å². The van der Waals surface area contributed by atoms with Crippen LogP contribution in [-0.4, -0.2) is 6.29 Å². The third-order valence-corrected chi connectivity index (χ3v) is 3.54. The number of alkyl halides is 3. The Hall–Kier alpha value is -1.84. The van der Waals surface area contributed by atoms with Gasteiger partial charge in [0.15, 0.2) is 6.29 Å². The summed E-state index contributed by atoms with van der Waals surface area (Å²) in [6, 6.07) is 9.37. The van der Waals surface area contributed by atoms with Gasteiger partial charge in [0.05, 0.1) is 5.56 Å². The van der Waals surface area contributed by atoms with E-state index >= 15 is 0 Å². The summed E-state index contributed by atoms with van der Waals surface area (Å²) in [5, 5.41) is 0.915. The molecular formula is C17H16F3O. The Morgan fingerprint density at radius 2 is 1.62 bits per heavy atom. The molecule has 0 aliphatic rings. The van der Waals surface area contributed by atoms with Crippen LogP contribution >= 0.6 is 0 Å². The standard InChI is InChI=1S/C17H16F3O/c18-17(19,20)16-11-10-13(7-3-1-2-6-12-21)14-8-4-5-9-15(14)16/h4-5,8-11H,1-3,6-7H2. The van der Waals surface area contributed by atoms with Crippen LogP contribution in [0.15, 0.2) is 36.4 Å². The van der Waals surface area contributed by atoms with Crippen LogP contribution in [0.1, 0.15) is 36.8 Å². The van der Waals surface area contributed by atoms with Gasteiger partial charge in [-0.15, -0.1) is 0 Å². The van der Waals surface area contributed by atoms with E-state index < -0.39 is 11.7 Å². The van der Waals surface area contributed by atoms with Crippen LogP contribution in [0.5, 0.6) is 0 Å². The molecule has 2 rings (SSSR count). The monoisotopic (exact) mass is 293 g/mol. The zero-order chi connectivity index (χ0) is 15.3. The number of fused-ring (bicyclic) bond motifs is 1. The lowest BCUT2D eigenvalue weighted by molar-refractivity contribution is -0.136. The number of unbranched alkanes of at least 4 members (excludes halogenated alkanes) is 3. The first-order chi connectivity index (χ1) is 10.0. The van der Waals surface area contributed by atoms with Crippen molar-refractivity contribution in [3.8, 4) is 0 Å². The molecule has 2 aromatic rings. The van der Waals surface area contributed by atoms with Crippen molar-refractivity contribution in [2.24, 2.45) is 0 Å². The second kappa shape index (κ2) is 6.74. The Bertz CT molecular complexity index is 617. The molecule has 0 bridgehead atoms. The van der Waals surface area contributed by atoms with Gasteiger partial charge in [-0.3, -0.25) is 4.79 Å². The maximum atomic E-state index is 13.0. The lowest BCUT2D eigenvalue weighted by Gasteiger charge is -2.13. The topological polar surface area (TPSA) is 17.1 Å². The molecule has 0 saturated heterocycles. The molecule has 0 aromatic heterocycles. The normalized spacial score (nSPS) is 11.8. The first kappa shape index (κ1) is 15.5. The van der Waals surface area contributed by atoms with Gasteiger partial charge < -0.3 is 0 Å². The predicted molar refractivity (Wildman–Crippen MR) is 76.8 cm³/mol. The highest BCUT2D eigenvalue weighted by atomic mass is 19.4. The highest BCUT2D eigenvalue weighted by Crippen LogP contribution is 2.36. The Morgan fingerprint density at radius 3 is 2.29 bits per heavy atom. The first-order valence-corrected chi connectivity index (χ1v) is 6.97. The van der Waals surface area contributed by atoms with Gasteiger partial charge in [0.25, 0.3) is 0 Å². The fourth-order valence-electron chi connectivity index (χ4n) is 2.52. The minimum atomic E-state index is -4.34. The van der Waals surface area contributed by atoms with Crippen molar-refractivity contribution in [3.63, 3.8) is 0 Å². The van der Waals surface area contributed by atoms with E-state index in [1.54, 1.807) is 24.3 Å². The number of carbonyl (C=O) groups excluding carboxylic acids is 1. The van der Waals surface area contributed by atoms with Crippen LogP contribution in [-0.2, 0) is 17.4 Å². The van der Waals surface area contributed by atoms with Crippen molar-refractivity contribution in [1.82, 2.24) is 0 Å². The molecule has 0 fully saturated rings. The van der Waals surface area contributed by atoms with E-state index in [1.165, 1.54) is 6.07 Å². The van der Waals surface area contributed by atoms with E-state index in [0.717, 1.165) is 37.3 Å². The number of halogens is 3. The van der Waals surface area contributed by atoms with E-state index in [9.17, 15) is 18.0 Å². The molecule has 2 aromatic carbocycles. The van der Waals surface area contributed by atoms with Crippen LogP contribution in [0.4, 0.5) is 13.2 Å². The Kier molecular flexibility index (Phi) is 4.99. The van der Waals surface area contributed by atoms with Gasteiger partial charge in [-0.05, 0) is 41.7 Å². The van der Waals surface area contributed by atoms with E-state index in [1.807, 2.05) is 6.29 Å². The van der Waals surface area contributed by atoms with Gasteiger partial charge in [-0.1, -0.05) is 36.8 Å².